The second kappa shape index (κ2) is 11.9. The number of hydrogen-bond donors (Lipinski definition) is 0. The van der Waals surface area contributed by atoms with Gasteiger partial charge in [-0.1, -0.05) is 18.3 Å². The molecule has 4 heterocycles. The molecule has 1 aliphatic rings. The zero-order valence-corrected chi connectivity index (χ0v) is 25.0. The largest absolute Gasteiger partial charge is 0.455 e. The van der Waals surface area contributed by atoms with Crippen LogP contribution in [-0.2, 0) is 11.2 Å². The number of carbonyl (C=O) groups excluding carboxylic acids is 2. The van der Waals surface area contributed by atoms with Crippen LogP contribution in [0.3, 0.4) is 0 Å². The van der Waals surface area contributed by atoms with Crippen LogP contribution < -0.4 is 9.80 Å². The van der Waals surface area contributed by atoms with Crippen molar-refractivity contribution in [3.63, 3.8) is 0 Å². The number of nitrogens with zero attached hydrogens (tertiary/aromatic N) is 7. The number of pyridine rings is 1. The number of alkyl halides is 3. The van der Waals surface area contributed by atoms with Gasteiger partial charge in [0.1, 0.15) is 22.2 Å². The molecule has 0 bridgehead atoms. The maximum Gasteiger partial charge on any atom is 0.455 e. The molecule has 1 saturated heterocycles. The van der Waals surface area contributed by atoms with Crippen molar-refractivity contribution >= 4 is 45.3 Å². The van der Waals surface area contributed by atoms with Crippen molar-refractivity contribution in [2.45, 2.75) is 19.5 Å². The van der Waals surface area contributed by atoms with E-state index in [1.807, 2.05) is 29.7 Å². The lowest BCUT2D eigenvalue weighted by atomic mass is 10.1. The number of aromatic nitrogens is 3. The maximum absolute atomic E-state index is 13.6. The highest BCUT2D eigenvalue weighted by Crippen LogP contribution is 2.40. The molecule has 228 valence electrons. The number of Topliss-reactive ketones (excluding diaryl/α,β-unsaturated/α-hetero) is 1. The monoisotopic (exact) mass is 617 g/mol. The van der Waals surface area contributed by atoms with E-state index in [0.29, 0.717) is 54.6 Å². The number of ketones is 1. The SMILES string of the molecule is CCc1nc2ccc(N3CCN(CC(=O)N(C)C)CC3)cn2c1N(C)c1nc(-c2ccc(F)cc2)c(C(=O)C(F)(F)F)s1. The van der Waals surface area contributed by atoms with E-state index in [-0.39, 0.29) is 22.3 Å². The average molecular weight is 618 g/mol. The van der Waals surface area contributed by atoms with Crippen molar-refractivity contribution in [3.05, 3.63) is 59.0 Å². The van der Waals surface area contributed by atoms with E-state index in [1.54, 1.807) is 30.9 Å². The standard InChI is InChI=1S/C29H31F4N7O2S/c1-5-21-27(37(4)28-35-24(18-6-8-19(30)9-7-18)25(43-28)26(42)29(31,32)33)40-16-20(10-11-22(40)34-21)39-14-12-38(13-15-39)17-23(41)36(2)3/h6-11,16H,5,12-15,17H2,1-4H3. The quantitative estimate of drug-likeness (QED) is 0.206. The van der Waals surface area contributed by atoms with Crippen LogP contribution in [-0.4, -0.2) is 95.9 Å². The van der Waals surface area contributed by atoms with Gasteiger partial charge < -0.3 is 14.7 Å². The summed E-state index contributed by atoms with van der Waals surface area (Å²) in [5, 5.41) is 0.160. The Labute approximate surface area is 250 Å². The van der Waals surface area contributed by atoms with Gasteiger partial charge in [0.25, 0.3) is 5.78 Å². The van der Waals surface area contributed by atoms with Crippen molar-refractivity contribution in [2.75, 3.05) is 63.7 Å². The average Bonchev–Trinajstić information content (AvgIpc) is 3.58. The minimum atomic E-state index is -5.10. The summed E-state index contributed by atoms with van der Waals surface area (Å²) in [6.45, 7) is 5.15. The molecule has 1 aromatic carbocycles. The van der Waals surface area contributed by atoms with Gasteiger partial charge in [0.15, 0.2) is 5.13 Å². The number of halogens is 4. The van der Waals surface area contributed by atoms with E-state index in [2.05, 4.69) is 14.8 Å². The fourth-order valence-electron chi connectivity index (χ4n) is 4.98. The van der Waals surface area contributed by atoms with Crippen molar-refractivity contribution in [2.24, 2.45) is 0 Å². The molecule has 0 spiro atoms. The number of fused-ring (bicyclic) bond motifs is 1. The van der Waals surface area contributed by atoms with Gasteiger partial charge in [0.05, 0.1) is 23.6 Å². The molecule has 5 rings (SSSR count). The van der Waals surface area contributed by atoms with Crippen LogP contribution in [0.2, 0.25) is 0 Å². The predicted molar refractivity (Wildman–Crippen MR) is 158 cm³/mol. The molecule has 1 aliphatic heterocycles. The van der Waals surface area contributed by atoms with Crippen LogP contribution in [0.4, 0.5) is 34.2 Å². The number of aryl methyl sites for hydroxylation is 1. The third-order valence-electron chi connectivity index (χ3n) is 7.38. The van der Waals surface area contributed by atoms with Gasteiger partial charge in [0.2, 0.25) is 5.91 Å². The molecule has 0 N–H and O–H groups in total. The summed E-state index contributed by atoms with van der Waals surface area (Å²) in [5.41, 5.74) is 2.33. The summed E-state index contributed by atoms with van der Waals surface area (Å²) < 4.78 is 56.1. The normalized spacial score (nSPS) is 14.4. The molecular weight excluding hydrogens is 586 g/mol. The Bertz CT molecular complexity index is 1640. The first-order valence-corrected chi connectivity index (χ1v) is 14.5. The molecule has 0 atom stereocenters. The second-order valence-electron chi connectivity index (χ2n) is 10.5. The summed E-state index contributed by atoms with van der Waals surface area (Å²) in [4.78, 5) is 40.7. The van der Waals surface area contributed by atoms with Gasteiger partial charge in [-0.05, 0) is 42.8 Å². The molecule has 43 heavy (non-hydrogen) atoms. The molecule has 1 fully saturated rings. The number of rotatable bonds is 8. The molecule has 0 radical (unpaired) electrons. The second-order valence-corrected chi connectivity index (χ2v) is 11.4. The number of imidazole rings is 1. The Kier molecular flexibility index (Phi) is 8.43. The van der Waals surface area contributed by atoms with E-state index < -0.39 is 22.7 Å². The third-order valence-corrected chi connectivity index (χ3v) is 8.51. The Balaban J connectivity index is 1.49. The van der Waals surface area contributed by atoms with Gasteiger partial charge in [-0.15, -0.1) is 0 Å². The number of benzene rings is 1. The topological polar surface area (TPSA) is 77.3 Å². The van der Waals surface area contributed by atoms with Crippen molar-refractivity contribution in [3.8, 4) is 11.3 Å². The fourth-order valence-corrected chi connectivity index (χ4v) is 5.99. The van der Waals surface area contributed by atoms with E-state index in [0.717, 1.165) is 30.9 Å². The Morgan fingerprint density at radius 2 is 1.65 bits per heavy atom. The predicted octanol–water partition coefficient (Wildman–Crippen LogP) is 4.88. The molecule has 1 amide bonds. The van der Waals surface area contributed by atoms with Gasteiger partial charge in [-0.25, -0.2) is 14.4 Å². The first-order valence-electron chi connectivity index (χ1n) is 13.7. The smallest absolute Gasteiger partial charge is 0.368 e. The number of amides is 1. The van der Waals surface area contributed by atoms with Crippen LogP contribution in [0.25, 0.3) is 16.9 Å². The third kappa shape index (κ3) is 6.20. The van der Waals surface area contributed by atoms with Crippen LogP contribution in [0.1, 0.15) is 22.3 Å². The minimum absolute atomic E-state index is 0.0536. The lowest BCUT2D eigenvalue weighted by molar-refractivity contribution is -0.130. The summed E-state index contributed by atoms with van der Waals surface area (Å²) in [6.07, 6.45) is -2.63. The number of carbonyl (C=O) groups is 2. The molecule has 0 unspecified atom stereocenters. The van der Waals surface area contributed by atoms with Crippen molar-refractivity contribution in [1.29, 1.82) is 0 Å². The van der Waals surface area contributed by atoms with Crippen LogP contribution in [0, 0.1) is 5.82 Å². The molecule has 4 aromatic rings. The molecular formula is C29H31F4N7O2S. The van der Waals surface area contributed by atoms with Crippen LogP contribution in [0.5, 0.6) is 0 Å². The number of anilines is 3. The van der Waals surface area contributed by atoms with Crippen LogP contribution >= 0.6 is 11.3 Å². The van der Waals surface area contributed by atoms with Crippen molar-refractivity contribution < 1.29 is 27.2 Å². The first-order chi connectivity index (χ1) is 20.4. The highest BCUT2D eigenvalue weighted by Gasteiger charge is 2.42. The highest BCUT2D eigenvalue weighted by atomic mass is 32.1. The van der Waals surface area contributed by atoms with Crippen LogP contribution in [0.15, 0.2) is 42.6 Å². The number of hydrogen-bond acceptors (Lipinski definition) is 8. The number of piperazine rings is 1. The Hall–Kier alpha value is -4.04. The fraction of sp³-hybridized carbons (Fsp3) is 0.379. The van der Waals surface area contributed by atoms with E-state index >= 15 is 0 Å². The number of likely N-dealkylation sites (N-methyl/N-ethyl adjacent to an activating group) is 1. The van der Waals surface area contributed by atoms with Gasteiger partial charge in [0, 0.05) is 59.1 Å². The molecule has 0 aliphatic carbocycles. The summed E-state index contributed by atoms with van der Waals surface area (Å²) in [7, 11) is 5.15. The molecule has 0 saturated carbocycles. The maximum atomic E-state index is 13.6. The lowest BCUT2D eigenvalue weighted by Crippen LogP contribution is -2.49. The molecule has 14 heteroatoms. The zero-order valence-electron chi connectivity index (χ0n) is 24.2. The van der Waals surface area contributed by atoms with E-state index in [1.165, 1.54) is 12.1 Å². The summed E-state index contributed by atoms with van der Waals surface area (Å²) >= 11 is 0.630. The first kappa shape index (κ1) is 30.4. The van der Waals surface area contributed by atoms with E-state index in [9.17, 15) is 27.2 Å². The highest BCUT2D eigenvalue weighted by molar-refractivity contribution is 7.18. The number of thiazole rings is 1. The van der Waals surface area contributed by atoms with Crippen molar-refractivity contribution in [1.82, 2.24) is 24.2 Å². The molecule has 9 nitrogen and oxygen atoms in total. The Morgan fingerprint density at radius 1 is 0.977 bits per heavy atom. The lowest BCUT2D eigenvalue weighted by Gasteiger charge is -2.36. The zero-order chi connectivity index (χ0) is 31.1. The van der Waals surface area contributed by atoms with E-state index in [4.69, 9.17) is 4.98 Å². The van der Waals surface area contributed by atoms with Gasteiger partial charge in [-0.2, -0.15) is 13.2 Å². The summed E-state index contributed by atoms with van der Waals surface area (Å²) in [5.74, 6) is -1.90. The molecule has 3 aromatic heterocycles. The minimum Gasteiger partial charge on any atom is -0.368 e. The Morgan fingerprint density at radius 3 is 2.26 bits per heavy atom. The van der Waals surface area contributed by atoms with Gasteiger partial charge in [-0.3, -0.25) is 18.9 Å². The van der Waals surface area contributed by atoms with Gasteiger partial charge >= 0.3 is 6.18 Å². The summed E-state index contributed by atoms with van der Waals surface area (Å²) in [6, 6.07) is 8.69.